The van der Waals surface area contributed by atoms with Crippen molar-refractivity contribution >= 4 is 0 Å². The van der Waals surface area contributed by atoms with E-state index in [1.54, 1.807) is 0 Å². The van der Waals surface area contributed by atoms with E-state index < -0.39 is 0 Å². The van der Waals surface area contributed by atoms with Crippen molar-refractivity contribution in [3.05, 3.63) is 52.8 Å². The van der Waals surface area contributed by atoms with Crippen LogP contribution in [-0.2, 0) is 6.54 Å². The van der Waals surface area contributed by atoms with E-state index in [2.05, 4.69) is 60.1 Å². The summed E-state index contributed by atoms with van der Waals surface area (Å²) in [6.07, 6.45) is 2.98. The van der Waals surface area contributed by atoms with Gasteiger partial charge in [0.25, 0.3) is 0 Å². The molecule has 2 aromatic rings. The Balaban J connectivity index is 2.41. The first-order chi connectivity index (χ1) is 9.17. The average Bonchev–Trinajstić information content (AvgIpc) is 2.82. The summed E-state index contributed by atoms with van der Waals surface area (Å²) in [4.78, 5) is 0. The Morgan fingerprint density at radius 1 is 1.26 bits per heavy atom. The fraction of sp³-hybridized carbons (Fsp3) is 0.438. The largest absolute Gasteiger partial charge is 0.308 e. The highest BCUT2D eigenvalue weighted by atomic mass is 15.3. The minimum Gasteiger partial charge on any atom is -0.308 e. The van der Waals surface area contributed by atoms with Crippen LogP contribution >= 0.6 is 0 Å². The Morgan fingerprint density at radius 3 is 2.68 bits per heavy atom. The zero-order valence-corrected chi connectivity index (χ0v) is 12.3. The highest BCUT2D eigenvalue weighted by Gasteiger charge is 2.18. The first-order valence-corrected chi connectivity index (χ1v) is 6.93. The van der Waals surface area contributed by atoms with Crippen molar-refractivity contribution in [3.63, 3.8) is 0 Å². The van der Waals surface area contributed by atoms with E-state index in [1.807, 2.05) is 13.2 Å². The van der Waals surface area contributed by atoms with Crippen LogP contribution in [-0.4, -0.2) is 16.8 Å². The summed E-state index contributed by atoms with van der Waals surface area (Å²) in [5, 5.41) is 7.84. The maximum absolute atomic E-state index is 4.42. The number of hydrogen-bond donors (Lipinski definition) is 1. The van der Waals surface area contributed by atoms with Gasteiger partial charge in [0.2, 0.25) is 0 Å². The molecule has 3 nitrogen and oxygen atoms in total. The van der Waals surface area contributed by atoms with E-state index in [0.717, 1.165) is 13.0 Å². The van der Waals surface area contributed by atoms with Crippen LogP contribution in [0.5, 0.6) is 0 Å². The van der Waals surface area contributed by atoms with Crippen molar-refractivity contribution < 1.29 is 0 Å². The first-order valence-electron chi connectivity index (χ1n) is 6.93. The fourth-order valence-corrected chi connectivity index (χ4v) is 2.60. The molecule has 3 heteroatoms. The lowest BCUT2D eigenvalue weighted by atomic mass is 9.97. The van der Waals surface area contributed by atoms with Crippen LogP contribution in [0.4, 0.5) is 0 Å². The van der Waals surface area contributed by atoms with Gasteiger partial charge >= 0.3 is 0 Å². The average molecular weight is 257 g/mol. The van der Waals surface area contributed by atoms with Gasteiger partial charge in [-0.3, -0.25) is 4.68 Å². The molecule has 0 amide bonds. The Bertz CT molecular complexity index is 543. The molecule has 2 rings (SSSR count). The molecule has 0 radical (unpaired) electrons. The predicted octanol–water partition coefficient (Wildman–Crippen LogP) is 3.22. The van der Waals surface area contributed by atoms with E-state index in [1.165, 1.54) is 22.4 Å². The molecule has 19 heavy (non-hydrogen) atoms. The molecule has 0 aliphatic carbocycles. The molecule has 1 N–H and O–H groups in total. The van der Waals surface area contributed by atoms with Crippen molar-refractivity contribution in [3.8, 4) is 0 Å². The van der Waals surface area contributed by atoms with Gasteiger partial charge in [-0.15, -0.1) is 0 Å². The summed E-state index contributed by atoms with van der Waals surface area (Å²) in [7, 11) is 2.01. The molecule has 102 valence electrons. The Labute approximate surface area is 115 Å². The summed E-state index contributed by atoms with van der Waals surface area (Å²) in [6, 6.07) is 8.94. The minimum atomic E-state index is 0.203. The molecule has 1 heterocycles. The van der Waals surface area contributed by atoms with E-state index in [0.29, 0.717) is 0 Å². The number of rotatable bonds is 5. The number of nitrogens with zero attached hydrogens (tertiary/aromatic N) is 2. The van der Waals surface area contributed by atoms with Crippen molar-refractivity contribution in [2.24, 2.45) is 0 Å². The van der Waals surface area contributed by atoms with Crippen LogP contribution in [0, 0.1) is 13.8 Å². The normalized spacial score (nSPS) is 12.6. The van der Waals surface area contributed by atoms with Crippen LogP contribution in [0.2, 0.25) is 0 Å². The number of benzene rings is 1. The SMILES string of the molecule is CCCn1nccc1C(NC)c1ccc(C)cc1C. The lowest BCUT2D eigenvalue weighted by molar-refractivity contribution is 0.534. The van der Waals surface area contributed by atoms with Crippen LogP contribution in [0.15, 0.2) is 30.5 Å². The van der Waals surface area contributed by atoms with Crippen molar-refractivity contribution in [1.29, 1.82) is 0 Å². The highest BCUT2D eigenvalue weighted by molar-refractivity contribution is 5.36. The zero-order chi connectivity index (χ0) is 13.8. The molecule has 0 spiro atoms. The van der Waals surface area contributed by atoms with Crippen LogP contribution < -0.4 is 5.32 Å². The third kappa shape index (κ3) is 2.87. The van der Waals surface area contributed by atoms with Crippen LogP contribution in [0.1, 0.15) is 41.8 Å². The molecule has 0 saturated heterocycles. The first kappa shape index (κ1) is 13.8. The second-order valence-electron chi connectivity index (χ2n) is 5.06. The summed E-state index contributed by atoms with van der Waals surface area (Å²) in [6.45, 7) is 7.45. The van der Waals surface area contributed by atoms with Crippen LogP contribution in [0.25, 0.3) is 0 Å². The molecular formula is C16H23N3. The molecule has 0 aliphatic heterocycles. The van der Waals surface area contributed by atoms with Crippen molar-refractivity contribution in [2.75, 3.05) is 7.05 Å². The smallest absolute Gasteiger partial charge is 0.0748 e. The van der Waals surface area contributed by atoms with E-state index >= 15 is 0 Å². The molecular weight excluding hydrogens is 234 g/mol. The monoisotopic (exact) mass is 257 g/mol. The highest BCUT2D eigenvalue weighted by Crippen LogP contribution is 2.25. The van der Waals surface area contributed by atoms with Gasteiger partial charge in [0.15, 0.2) is 0 Å². The molecule has 0 aliphatic rings. The number of aromatic nitrogens is 2. The third-order valence-corrected chi connectivity index (χ3v) is 3.51. The van der Waals surface area contributed by atoms with Gasteiger partial charge < -0.3 is 5.32 Å². The van der Waals surface area contributed by atoms with Crippen LogP contribution in [0.3, 0.4) is 0 Å². The molecule has 0 bridgehead atoms. The summed E-state index contributed by atoms with van der Waals surface area (Å²) in [5.74, 6) is 0. The molecule has 1 unspecified atom stereocenters. The van der Waals surface area contributed by atoms with Gasteiger partial charge in [0.1, 0.15) is 0 Å². The van der Waals surface area contributed by atoms with E-state index in [-0.39, 0.29) is 6.04 Å². The standard InChI is InChI=1S/C16H23N3/c1-5-10-19-15(8-9-18-19)16(17-4)14-7-6-12(2)11-13(14)3/h6-9,11,16-17H,5,10H2,1-4H3. The predicted molar refractivity (Wildman–Crippen MR) is 79.3 cm³/mol. The van der Waals surface area contributed by atoms with Gasteiger partial charge in [-0.05, 0) is 44.5 Å². The van der Waals surface area contributed by atoms with Gasteiger partial charge in [-0.1, -0.05) is 30.7 Å². The van der Waals surface area contributed by atoms with Gasteiger partial charge in [0, 0.05) is 12.7 Å². The molecule has 0 saturated carbocycles. The number of hydrogen-bond acceptors (Lipinski definition) is 2. The Kier molecular flexibility index (Phi) is 4.38. The number of aryl methyl sites for hydroxylation is 3. The lowest BCUT2D eigenvalue weighted by Gasteiger charge is -2.20. The van der Waals surface area contributed by atoms with E-state index in [4.69, 9.17) is 0 Å². The number of nitrogens with one attached hydrogen (secondary N) is 1. The molecule has 0 fully saturated rings. The molecule has 1 aromatic carbocycles. The lowest BCUT2D eigenvalue weighted by Crippen LogP contribution is -2.22. The summed E-state index contributed by atoms with van der Waals surface area (Å²) in [5.41, 5.74) is 5.18. The summed E-state index contributed by atoms with van der Waals surface area (Å²) < 4.78 is 2.10. The topological polar surface area (TPSA) is 29.9 Å². The Morgan fingerprint density at radius 2 is 2.05 bits per heavy atom. The summed E-state index contributed by atoms with van der Waals surface area (Å²) >= 11 is 0. The third-order valence-electron chi connectivity index (χ3n) is 3.51. The van der Waals surface area contributed by atoms with Crippen molar-refractivity contribution in [1.82, 2.24) is 15.1 Å². The second kappa shape index (κ2) is 6.02. The maximum atomic E-state index is 4.42. The van der Waals surface area contributed by atoms with Gasteiger partial charge in [-0.2, -0.15) is 5.10 Å². The van der Waals surface area contributed by atoms with Gasteiger partial charge in [-0.25, -0.2) is 0 Å². The fourth-order valence-electron chi connectivity index (χ4n) is 2.60. The van der Waals surface area contributed by atoms with Crippen molar-refractivity contribution in [2.45, 2.75) is 39.8 Å². The van der Waals surface area contributed by atoms with Gasteiger partial charge in [0.05, 0.1) is 11.7 Å². The molecule has 1 aromatic heterocycles. The quantitative estimate of drug-likeness (QED) is 0.891. The molecule has 1 atom stereocenters. The van der Waals surface area contributed by atoms with E-state index in [9.17, 15) is 0 Å². The zero-order valence-electron chi connectivity index (χ0n) is 12.3. The maximum Gasteiger partial charge on any atom is 0.0748 e. The minimum absolute atomic E-state index is 0.203. The second-order valence-corrected chi connectivity index (χ2v) is 5.06. The Hall–Kier alpha value is -1.61.